The number of anilines is 1. The van der Waals surface area contributed by atoms with Crippen LogP contribution >= 0.6 is 0 Å². The van der Waals surface area contributed by atoms with Gasteiger partial charge in [0.05, 0.1) is 18.8 Å². The fourth-order valence-electron chi connectivity index (χ4n) is 4.36. The Morgan fingerprint density at radius 1 is 1.35 bits per heavy atom. The Bertz CT molecular complexity index is 1140. The third-order valence-corrected chi connectivity index (χ3v) is 5.98. The summed E-state index contributed by atoms with van der Waals surface area (Å²) in [5, 5.41) is 17.6. The molecular weight excluding hydrogens is 398 g/mol. The lowest BCUT2D eigenvalue weighted by molar-refractivity contribution is -0.136. The summed E-state index contributed by atoms with van der Waals surface area (Å²) in [4.78, 5) is 19.3. The average Bonchev–Trinajstić information content (AvgIpc) is 3.31. The second-order valence-electron chi connectivity index (χ2n) is 8.02. The van der Waals surface area contributed by atoms with Crippen LogP contribution in [0.2, 0.25) is 0 Å². The average molecular weight is 423 g/mol. The zero-order valence-electron chi connectivity index (χ0n) is 17.5. The second-order valence-corrected chi connectivity index (χ2v) is 8.02. The molecule has 1 amide bonds. The highest BCUT2D eigenvalue weighted by molar-refractivity contribution is 5.84. The van der Waals surface area contributed by atoms with Crippen molar-refractivity contribution in [2.75, 3.05) is 32.1 Å². The van der Waals surface area contributed by atoms with E-state index in [9.17, 15) is 9.90 Å². The fourth-order valence-corrected chi connectivity index (χ4v) is 4.36. The maximum atomic E-state index is 12.8. The second kappa shape index (κ2) is 7.82. The Labute approximate surface area is 179 Å². The molecule has 0 spiro atoms. The predicted molar refractivity (Wildman–Crippen MR) is 114 cm³/mol. The summed E-state index contributed by atoms with van der Waals surface area (Å²) in [5.41, 5.74) is 4.95. The number of aromatic nitrogens is 3. The molecule has 4 bridgehead atoms. The smallest absolute Gasteiger partial charge is 0.252 e. The standard InChI is InChI=1S/C22H25N5O4/c1-13-10-27-20-18(9-24-27)15-5-14(11-28)6-16(7-15)23-3-4-26-17(12-31-21(13)25-20)8-19(30-2)22(26)29/h5-7,9-10,17,19,23,28H,3-4,8,11-12H2,1-2H3/t17-,19+/m0/s1. The number of nitrogens with zero attached hydrogens (tertiary/aromatic N) is 4. The van der Waals surface area contributed by atoms with E-state index in [2.05, 4.69) is 10.4 Å². The van der Waals surface area contributed by atoms with Gasteiger partial charge in [-0.3, -0.25) is 4.79 Å². The van der Waals surface area contributed by atoms with E-state index in [0.717, 1.165) is 27.9 Å². The first kappa shape index (κ1) is 19.8. The summed E-state index contributed by atoms with van der Waals surface area (Å²) in [6.07, 6.45) is 3.79. The molecule has 2 aliphatic rings. The van der Waals surface area contributed by atoms with Crippen molar-refractivity contribution in [2.24, 2.45) is 0 Å². The van der Waals surface area contributed by atoms with E-state index in [0.29, 0.717) is 37.6 Å². The third kappa shape index (κ3) is 3.49. The number of carbonyl (C=O) groups is 1. The summed E-state index contributed by atoms with van der Waals surface area (Å²) >= 11 is 0. The molecule has 162 valence electrons. The van der Waals surface area contributed by atoms with Crippen molar-refractivity contribution in [1.82, 2.24) is 19.5 Å². The van der Waals surface area contributed by atoms with E-state index in [1.807, 2.05) is 36.2 Å². The van der Waals surface area contributed by atoms with Crippen LogP contribution in [0.3, 0.4) is 0 Å². The minimum Gasteiger partial charge on any atom is -0.475 e. The van der Waals surface area contributed by atoms with Crippen molar-refractivity contribution < 1.29 is 19.4 Å². The lowest BCUT2D eigenvalue weighted by Crippen LogP contribution is -2.41. The van der Waals surface area contributed by atoms with Crippen LogP contribution in [0.15, 0.2) is 30.6 Å². The number of rotatable bonds is 2. The van der Waals surface area contributed by atoms with Crippen LogP contribution in [0.25, 0.3) is 16.8 Å². The summed E-state index contributed by atoms with van der Waals surface area (Å²) < 4.78 is 13.2. The number of nitrogens with one attached hydrogen (secondary N) is 1. The van der Waals surface area contributed by atoms with Crippen molar-refractivity contribution in [2.45, 2.75) is 32.1 Å². The lowest BCUT2D eigenvalue weighted by atomic mass is 10.0. The molecule has 3 aromatic rings. The Morgan fingerprint density at radius 3 is 3.03 bits per heavy atom. The highest BCUT2D eigenvalue weighted by Gasteiger charge is 2.39. The highest BCUT2D eigenvalue weighted by Crippen LogP contribution is 2.30. The van der Waals surface area contributed by atoms with Crippen molar-refractivity contribution in [3.8, 4) is 17.0 Å². The maximum absolute atomic E-state index is 12.8. The Kier molecular flexibility index (Phi) is 4.99. The normalized spacial score (nSPS) is 21.0. The molecule has 2 N–H and O–H groups in total. The molecule has 31 heavy (non-hydrogen) atoms. The van der Waals surface area contributed by atoms with E-state index in [-0.39, 0.29) is 18.6 Å². The number of ether oxygens (including phenoxy) is 2. The topological polar surface area (TPSA) is 101 Å². The van der Waals surface area contributed by atoms with Gasteiger partial charge in [0.15, 0.2) is 5.65 Å². The first-order valence-electron chi connectivity index (χ1n) is 10.4. The fraction of sp³-hybridized carbons (Fsp3) is 0.409. The largest absolute Gasteiger partial charge is 0.475 e. The number of aliphatic hydroxyl groups is 1. The minimum absolute atomic E-state index is 0.0204. The van der Waals surface area contributed by atoms with E-state index < -0.39 is 6.10 Å². The summed E-state index contributed by atoms with van der Waals surface area (Å²) in [6.45, 7) is 3.29. The van der Waals surface area contributed by atoms with Gasteiger partial charge in [0.25, 0.3) is 5.91 Å². The monoisotopic (exact) mass is 423 g/mol. The van der Waals surface area contributed by atoms with E-state index in [1.54, 1.807) is 17.8 Å². The van der Waals surface area contributed by atoms with Gasteiger partial charge in [-0.15, -0.1) is 0 Å². The third-order valence-electron chi connectivity index (χ3n) is 5.98. The van der Waals surface area contributed by atoms with Crippen LogP contribution in [0.4, 0.5) is 5.69 Å². The number of aliphatic hydroxyl groups excluding tert-OH is 1. The molecule has 1 saturated heterocycles. The molecule has 1 aromatic carbocycles. The van der Waals surface area contributed by atoms with Crippen LogP contribution in [0.1, 0.15) is 17.5 Å². The zero-order valence-corrected chi connectivity index (χ0v) is 17.5. The van der Waals surface area contributed by atoms with Crippen LogP contribution in [-0.2, 0) is 16.1 Å². The number of carbonyl (C=O) groups excluding carboxylic acids is 1. The van der Waals surface area contributed by atoms with Crippen molar-refractivity contribution in [3.05, 3.63) is 41.7 Å². The molecule has 9 heteroatoms. The van der Waals surface area contributed by atoms with Gasteiger partial charge in [0.2, 0.25) is 5.88 Å². The molecule has 0 unspecified atom stereocenters. The molecule has 2 atom stereocenters. The molecule has 5 rings (SSSR count). The molecular formula is C22H25N5O4. The Hall–Kier alpha value is -3.17. The number of methoxy groups -OCH3 is 1. The van der Waals surface area contributed by atoms with Gasteiger partial charge < -0.3 is 24.8 Å². The molecule has 0 aliphatic carbocycles. The predicted octanol–water partition coefficient (Wildman–Crippen LogP) is 1.62. The van der Waals surface area contributed by atoms with Gasteiger partial charge in [-0.25, -0.2) is 4.52 Å². The summed E-state index contributed by atoms with van der Waals surface area (Å²) in [5.74, 6) is 0.504. The van der Waals surface area contributed by atoms with Crippen molar-refractivity contribution in [3.63, 3.8) is 0 Å². The number of aryl methyl sites for hydroxylation is 1. The lowest BCUT2D eigenvalue weighted by Gasteiger charge is -2.25. The number of hydrogen-bond donors (Lipinski definition) is 2. The first-order chi connectivity index (χ1) is 15.1. The molecule has 2 aromatic heterocycles. The SMILES string of the molecule is CO[C@@H]1C[C@H]2COc3nc4c(cnn4cc3C)-c3cc(CO)cc(c3)NCCN2C1=O. The Morgan fingerprint density at radius 2 is 2.23 bits per heavy atom. The maximum Gasteiger partial charge on any atom is 0.252 e. The number of fused-ring (bicyclic) bond motifs is 5. The van der Waals surface area contributed by atoms with Gasteiger partial charge in [0, 0.05) is 49.6 Å². The van der Waals surface area contributed by atoms with Crippen molar-refractivity contribution >= 4 is 17.2 Å². The number of benzene rings is 1. The highest BCUT2D eigenvalue weighted by atomic mass is 16.5. The van der Waals surface area contributed by atoms with Crippen LogP contribution in [-0.4, -0.2) is 69.5 Å². The molecule has 0 saturated carbocycles. The van der Waals surface area contributed by atoms with Crippen LogP contribution in [0, 0.1) is 6.92 Å². The molecule has 0 radical (unpaired) electrons. The Balaban J connectivity index is 1.61. The number of amides is 1. The van der Waals surface area contributed by atoms with E-state index in [1.165, 1.54) is 0 Å². The number of hydrogen-bond acceptors (Lipinski definition) is 7. The molecule has 1 fully saturated rings. The van der Waals surface area contributed by atoms with Crippen LogP contribution < -0.4 is 10.1 Å². The van der Waals surface area contributed by atoms with Crippen molar-refractivity contribution in [1.29, 1.82) is 0 Å². The van der Waals surface area contributed by atoms with Gasteiger partial charge >= 0.3 is 0 Å². The van der Waals surface area contributed by atoms with E-state index >= 15 is 0 Å². The quantitative estimate of drug-likeness (QED) is 0.646. The van der Waals surface area contributed by atoms with E-state index in [4.69, 9.17) is 14.5 Å². The molecule has 2 aliphatic heterocycles. The first-order valence-corrected chi connectivity index (χ1v) is 10.4. The summed E-state index contributed by atoms with van der Waals surface area (Å²) in [7, 11) is 1.56. The van der Waals surface area contributed by atoms with Gasteiger partial charge in [0.1, 0.15) is 12.7 Å². The molecule has 4 heterocycles. The van der Waals surface area contributed by atoms with Gasteiger partial charge in [-0.1, -0.05) is 0 Å². The van der Waals surface area contributed by atoms with Crippen LogP contribution in [0.5, 0.6) is 5.88 Å². The van der Waals surface area contributed by atoms with Gasteiger partial charge in [-0.05, 0) is 36.2 Å². The zero-order chi connectivity index (χ0) is 21.5. The minimum atomic E-state index is -0.452. The molecule has 9 nitrogen and oxygen atoms in total. The summed E-state index contributed by atoms with van der Waals surface area (Å²) in [6, 6.07) is 5.75. The van der Waals surface area contributed by atoms with Gasteiger partial charge in [-0.2, -0.15) is 10.1 Å².